The number of benzene rings is 1. The van der Waals surface area contributed by atoms with Crippen molar-refractivity contribution >= 4 is 10.9 Å². The van der Waals surface area contributed by atoms with Crippen molar-refractivity contribution in [1.29, 1.82) is 0 Å². The van der Waals surface area contributed by atoms with Crippen molar-refractivity contribution in [3.63, 3.8) is 0 Å². The van der Waals surface area contributed by atoms with Crippen LogP contribution in [0, 0.1) is 0 Å². The molecule has 0 aliphatic rings. The van der Waals surface area contributed by atoms with Crippen LogP contribution in [-0.2, 0) is 13.5 Å². The quantitative estimate of drug-likeness (QED) is 0.864. The van der Waals surface area contributed by atoms with Gasteiger partial charge in [0.05, 0.1) is 24.2 Å². The van der Waals surface area contributed by atoms with Gasteiger partial charge < -0.3 is 5.73 Å². The second kappa shape index (κ2) is 3.83. The molecule has 0 bridgehead atoms. The first-order valence-corrected chi connectivity index (χ1v) is 5.02. The summed E-state index contributed by atoms with van der Waals surface area (Å²) in [6, 6.07) is 7.32. The average Bonchev–Trinajstić information content (AvgIpc) is 2.56. The summed E-state index contributed by atoms with van der Waals surface area (Å²) < 4.78 is 28.0. The van der Waals surface area contributed by atoms with Crippen LogP contribution in [0.2, 0.25) is 0 Å². The molecule has 0 amide bonds. The highest BCUT2D eigenvalue weighted by Gasteiger charge is 2.29. The molecule has 86 valence electrons. The van der Waals surface area contributed by atoms with Crippen LogP contribution in [-0.4, -0.2) is 22.2 Å². The Morgan fingerprint density at radius 3 is 2.75 bits per heavy atom. The van der Waals surface area contributed by atoms with Crippen molar-refractivity contribution < 1.29 is 8.78 Å². The van der Waals surface area contributed by atoms with Crippen molar-refractivity contribution in [2.45, 2.75) is 12.3 Å². The third-order valence-corrected chi connectivity index (χ3v) is 2.56. The van der Waals surface area contributed by atoms with E-state index in [1.54, 1.807) is 17.8 Å². The summed E-state index contributed by atoms with van der Waals surface area (Å²) in [5.74, 6) is -2.89. The largest absolute Gasteiger partial charge is 0.325 e. The smallest absolute Gasteiger partial charge is 0.265 e. The average molecular weight is 225 g/mol. The van der Waals surface area contributed by atoms with E-state index in [9.17, 15) is 8.78 Å². The lowest BCUT2D eigenvalue weighted by atomic mass is 10.1. The molecule has 2 aromatic rings. The first-order chi connectivity index (χ1) is 7.53. The zero-order valence-electron chi connectivity index (χ0n) is 8.95. The molecule has 0 atom stereocenters. The molecule has 0 aliphatic carbocycles. The first kappa shape index (κ1) is 11.0. The van der Waals surface area contributed by atoms with E-state index < -0.39 is 18.9 Å². The van der Waals surface area contributed by atoms with Crippen LogP contribution >= 0.6 is 0 Å². The molecule has 3 nitrogen and oxygen atoms in total. The minimum absolute atomic E-state index is 0.397. The van der Waals surface area contributed by atoms with Crippen molar-refractivity contribution in [2.75, 3.05) is 6.54 Å². The normalized spacial score (nSPS) is 12.2. The maximum Gasteiger partial charge on any atom is 0.265 e. The van der Waals surface area contributed by atoms with E-state index in [0.717, 1.165) is 10.9 Å². The number of nitrogens with zero attached hydrogens (tertiary/aromatic N) is 2. The summed E-state index contributed by atoms with van der Waals surface area (Å²) >= 11 is 0. The molecule has 0 saturated heterocycles. The summed E-state index contributed by atoms with van der Waals surface area (Å²) in [7, 11) is 1.74. The third-order valence-electron chi connectivity index (χ3n) is 2.56. The molecule has 1 aromatic carbocycles. The number of alkyl halides is 2. The number of aromatic nitrogens is 2. The van der Waals surface area contributed by atoms with Gasteiger partial charge in [-0.25, -0.2) is 8.78 Å². The van der Waals surface area contributed by atoms with E-state index in [1.807, 2.05) is 18.2 Å². The molecule has 0 aliphatic heterocycles. The van der Waals surface area contributed by atoms with Gasteiger partial charge in [0.1, 0.15) is 0 Å². The molecule has 16 heavy (non-hydrogen) atoms. The molecule has 2 rings (SSSR count). The highest BCUT2D eigenvalue weighted by Crippen LogP contribution is 2.24. The standard InChI is InChI=1S/C11H13F2N3/c1-16-10-5-3-2-4-8(10)9(15-16)6-11(12,13)7-14/h2-5H,6-7,14H2,1H3. The third kappa shape index (κ3) is 1.90. The van der Waals surface area contributed by atoms with Gasteiger partial charge in [-0.3, -0.25) is 4.68 Å². The van der Waals surface area contributed by atoms with Gasteiger partial charge in [0.2, 0.25) is 0 Å². The molecule has 0 fully saturated rings. The van der Waals surface area contributed by atoms with Gasteiger partial charge in [0, 0.05) is 12.4 Å². The predicted molar refractivity (Wildman–Crippen MR) is 58.4 cm³/mol. The van der Waals surface area contributed by atoms with E-state index in [4.69, 9.17) is 5.73 Å². The molecule has 0 saturated carbocycles. The molecule has 0 unspecified atom stereocenters. The Labute approximate surface area is 91.9 Å². The van der Waals surface area contributed by atoms with E-state index >= 15 is 0 Å². The highest BCUT2D eigenvalue weighted by molar-refractivity contribution is 5.81. The fourth-order valence-corrected chi connectivity index (χ4v) is 1.74. The Morgan fingerprint density at radius 2 is 2.06 bits per heavy atom. The van der Waals surface area contributed by atoms with Crippen LogP contribution < -0.4 is 5.73 Å². The highest BCUT2D eigenvalue weighted by atomic mass is 19.3. The Morgan fingerprint density at radius 1 is 1.38 bits per heavy atom. The Bertz CT molecular complexity index is 505. The van der Waals surface area contributed by atoms with Gasteiger partial charge in [-0.2, -0.15) is 5.10 Å². The number of rotatable bonds is 3. The minimum Gasteiger partial charge on any atom is -0.325 e. The van der Waals surface area contributed by atoms with Crippen LogP contribution in [0.5, 0.6) is 0 Å². The number of halogens is 2. The first-order valence-electron chi connectivity index (χ1n) is 5.02. The summed E-state index contributed by atoms with van der Waals surface area (Å²) in [6.45, 7) is -0.655. The molecule has 2 N–H and O–H groups in total. The second-order valence-electron chi connectivity index (χ2n) is 3.82. The lowest BCUT2D eigenvalue weighted by molar-refractivity contribution is 0.0107. The van der Waals surface area contributed by atoms with Crippen molar-refractivity contribution in [3.8, 4) is 0 Å². The van der Waals surface area contributed by atoms with Crippen molar-refractivity contribution in [1.82, 2.24) is 9.78 Å². The van der Waals surface area contributed by atoms with Gasteiger partial charge in [-0.05, 0) is 6.07 Å². The zero-order chi connectivity index (χ0) is 11.8. The Hall–Kier alpha value is -1.49. The molecule has 0 radical (unpaired) electrons. The summed E-state index contributed by atoms with van der Waals surface area (Å²) in [5, 5.41) is 4.87. The van der Waals surface area contributed by atoms with E-state index in [1.165, 1.54) is 0 Å². The number of nitrogens with two attached hydrogens (primary N) is 1. The number of hydrogen-bond donors (Lipinski definition) is 1. The molecule has 1 aromatic heterocycles. The van der Waals surface area contributed by atoms with E-state index in [0.29, 0.717) is 5.69 Å². The fourth-order valence-electron chi connectivity index (χ4n) is 1.74. The summed E-state index contributed by atoms with van der Waals surface area (Å²) in [4.78, 5) is 0. The van der Waals surface area contributed by atoms with Crippen LogP contribution in [0.4, 0.5) is 8.78 Å². The molecular formula is C11H13F2N3. The molecular weight excluding hydrogens is 212 g/mol. The zero-order valence-corrected chi connectivity index (χ0v) is 8.95. The topological polar surface area (TPSA) is 43.8 Å². The van der Waals surface area contributed by atoms with Crippen LogP contribution in [0.3, 0.4) is 0 Å². The number of hydrogen-bond acceptors (Lipinski definition) is 2. The van der Waals surface area contributed by atoms with E-state index in [2.05, 4.69) is 5.10 Å². The van der Waals surface area contributed by atoms with Gasteiger partial charge in [-0.15, -0.1) is 0 Å². The lowest BCUT2D eigenvalue weighted by Crippen LogP contribution is -2.30. The van der Waals surface area contributed by atoms with E-state index in [-0.39, 0.29) is 0 Å². The minimum atomic E-state index is -2.89. The molecule has 1 heterocycles. The van der Waals surface area contributed by atoms with Crippen LogP contribution in [0.1, 0.15) is 5.69 Å². The SMILES string of the molecule is Cn1nc(CC(F)(F)CN)c2ccccc21. The Kier molecular flexibility index (Phi) is 2.63. The van der Waals surface area contributed by atoms with Gasteiger partial charge in [-0.1, -0.05) is 18.2 Å². The number of para-hydroxylation sites is 1. The summed E-state index contributed by atoms with van der Waals surface area (Å²) in [6.07, 6.45) is -0.412. The molecule has 0 spiro atoms. The van der Waals surface area contributed by atoms with Crippen molar-refractivity contribution in [3.05, 3.63) is 30.0 Å². The maximum atomic E-state index is 13.2. The predicted octanol–water partition coefficient (Wildman–Crippen LogP) is 1.71. The van der Waals surface area contributed by atoms with Crippen LogP contribution in [0.15, 0.2) is 24.3 Å². The lowest BCUT2D eigenvalue weighted by Gasteiger charge is -2.11. The maximum absolute atomic E-state index is 13.2. The Balaban J connectivity index is 2.46. The fraction of sp³-hybridized carbons (Fsp3) is 0.364. The summed E-state index contributed by atoms with van der Waals surface area (Å²) in [5.41, 5.74) is 6.27. The second-order valence-corrected chi connectivity index (χ2v) is 3.82. The number of aryl methyl sites for hydroxylation is 1. The van der Waals surface area contributed by atoms with Gasteiger partial charge in [0.15, 0.2) is 0 Å². The number of fused-ring (bicyclic) bond motifs is 1. The van der Waals surface area contributed by atoms with Crippen molar-refractivity contribution in [2.24, 2.45) is 12.8 Å². The van der Waals surface area contributed by atoms with Crippen LogP contribution in [0.25, 0.3) is 10.9 Å². The molecule has 5 heteroatoms. The monoisotopic (exact) mass is 225 g/mol. The van der Waals surface area contributed by atoms with Gasteiger partial charge >= 0.3 is 0 Å². The van der Waals surface area contributed by atoms with Gasteiger partial charge in [0.25, 0.3) is 5.92 Å².